The Morgan fingerprint density at radius 1 is 1.38 bits per heavy atom. The molecule has 0 spiro atoms. The average molecular weight is 333 g/mol. The van der Waals surface area contributed by atoms with Gasteiger partial charge in [-0.05, 0) is 40.8 Å². The molecule has 5 heteroatoms. The van der Waals surface area contributed by atoms with E-state index in [0.717, 1.165) is 3.77 Å². The Labute approximate surface area is 107 Å². The Morgan fingerprint density at radius 2 is 2.12 bits per heavy atom. The van der Waals surface area contributed by atoms with Crippen LogP contribution >= 0.6 is 22.6 Å². The maximum absolute atomic E-state index is 11.7. The van der Waals surface area contributed by atoms with Crippen molar-refractivity contribution in [3.8, 4) is 0 Å². The molecular weight excluding hydrogens is 321 g/mol. The molecule has 2 heterocycles. The minimum atomic E-state index is 0.00899. The molecule has 0 radical (unpaired) electrons. The van der Waals surface area contributed by atoms with E-state index in [-0.39, 0.29) is 5.91 Å². The Morgan fingerprint density at radius 3 is 2.75 bits per heavy atom. The van der Waals surface area contributed by atoms with Gasteiger partial charge in [0.15, 0.2) is 3.77 Å². The summed E-state index contributed by atoms with van der Waals surface area (Å²) < 4.78 is 11.3. The number of amides is 1. The Balaban J connectivity index is 1.93. The normalized spacial score (nSPS) is 16.9. The summed E-state index contributed by atoms with van der Waals surface area (Å²) in [7, 11) is 0. The first-order chi connectivity index (χ1) is 7.75. The molecule has 1 aliphatic rings. The van der Waals surface area contributed by atoms with Gasteiger partial charge in [0, 0.05) is 19.2 Å². The highest BCUT2D eigenvalue weighted by Gasteiger charge is 2.13. The van der Waals surface area contributed by atoms with Crippen molar-refractivity contribution in [3.63, 3.8) is 0 Å². The van der Waals surface area contributed by atoms with Crippen molar-refractivity contribution in [2.75, 3.05) is 26.3 Å². The minimum Gasteiger partial charge on any atom is -0.451 e. The van der Waals surface area contributed by atoms with Gasteiger partial charge in [-0.25, -0.2) is 0 Å². The fourth-order valence-corrected chi connectivity index (χ4v) is 1.89. The van der Waals surface area contributed by atoms with Gasteiger partial charge in [-0.3, -0.25) is 4.79 Å². The summed E-state index contributed by atoms with van der Waals surface area (Å²) in [6.07, 6.45) is 3.24. The molecule has 1 amide bonds. The third-order valence-corrected chi connectivity index (χ3v) is 2.89. The van der Waals surface area contributed by atoms with Crippen LogP contribution in [0.5, 0.6) is 0 Å². The highest BCUT2D eigenvalue weighted by molar-refractivity contribution is 14.1. The highest BCUT2D eigenvalue weighted by Crippen LogP contribution is 2.11. The number of rotatable bonds is 2. The SMILES string of the molecule is O=C(/C=C/c1ccc(I)o1)N1CCOCC1. The summed E-state index contributed by atoms with van der Waals surface area (Å²) in [5, 5.41) is 0. The predicted octanol–water partition coefficient (Wildman–Crippen LogP) is 1.76. The fraction of sp³-hybridized carbons (Fsp3) is 0.364. The molecule has 0 unspecified atom stereocenters. The zero-order valence-electron chi connectivity index (χ0n) is 8.69. The molecule has 1 aliphatic heterocycles. The molecule has 0 N–H and O–H groups in total. The van der Waals surface area contributed by atoms with E-state index in [1.165, 1.54) is 0 Å². The maximum Gasteiger partial charge on any atom is 0.246 e. The lowest BCUT2D eigenvalue weighted by Gasteiger charge is -2.25. The van der Waals surface area contributed by atoms with Crippen molar-refractivity contribution in [3.05, 3.63) is 27.7 Å². The van der Waals surface area contributed by atoms with Crippen LogP contribution in [0.3, 0.4) is 0 Å². The van der Waals surface area contributed by atoms with Crippen molar-refractivity contribution >= 4 is 34.6 Å². The van der Waals surface area contributed by atoms with Crippen LogP contribution in [-0.2, 0) is 9.53 Å². The summed E-state index contributed by atoms with van der Waals surface area (Å²) in [4.78, 5) is 13.5. The van der Waals surface area contributed by atoms with E-state index in [9.17, 15) is 4.79 Å². The lowest BCUT2D eigenvalue weighted by atomic mass is 10.3. The quantitative estimate of drug-likeness (QED) is 0.612. The number of furan rings is 1. The van der Waals surface area contributed by atoms with Crippen LogP contribution in [0.25, 0.3) is 6.08 Å². The van der Waals surface area contributed by atoms with Crippen LogP contribution in [0.1, 0.15) is 5.76 Å². The van der Waals surface area contributed by atoms with Gasteiger partial charge in [0.05, 0.1) is 13.2 Å². The van der Waals surface area contributed by atoms with Crippen LogP contribution in [0, 0.1) is 3.77 Å². The van der Waals surface area contributed by atoms with E-state index >= 15 is 0 Å². The minimum absolute atomic E-state index is 0.00899. The molecule has 0 bridgehead atoms. The van der Waals surface area contributed by atoms with E-state index in [1.54, 1.807) is 17.1 Å². The number of nitrogens with zero attached hydrogens (tertiary/aromatic N) is 1. The largest absolute Gasteiger partial charge is 0.451 e. The molecule has 0 aliphatic carbocycles. The molecule has 4 nitrogen and oxygen atoms in total. The van der Waals surface area contributed by atoms with Gasteiger partial charge in [-0.1, -0.05) is 0 Å². The summed E-state index contributed by atoms with van der Waals surface area (Å²) in [5.41, 5.74) is 0. The van der Waals surface area contributed by atoms with Crippen molar-refractivity contribution in [1.29, 1.82) is 0 Å². The summed E-state index contributed by atoms with van der Waals surface area (Å²) in [6.45, 7) is 2.58. The third-order valence-electron chi connectivity index (χ3n) is 2.31. The number of hydrogen-bond donors (Lipinski definition) is 0. The van der Waals surface area contributed by atoms with Gasteiger partial charge >= 0.3 is 0 Å². The van der Waals surface area contributed by atoms with Crippen molar-refractivity contribution in [1.82, 2.24) is 4.90 Å². The van der Waals surface area contributed by atoms with Crippen molar-refractivity contribution in [2.45, 2.75) is 0 Å². The molecule has 1 fully saturated rings. The fourth-order valence-electron chi connectivity index (χ4n) is 1.46. The first-order valence-electron chi connectivity index (χ1n) is 5.06. The Bertz CT molecular complexity index is 394. The lowest BCUT2D eigenvalue weighted by Crippen LogP contribution is -2.39. The molecule has 1 aromatic heterocycles. The second-order valence-electron chi connectivity index (χ2n) is 3.41. The monoisotopic (exact) mass is 333 g/mol. The number of halogens is 1. The Kier molecular flexibility index (Phi) is 4.00. The molecule has 0 atom stereocenters. The first kappa shape index (κ1) is 11.7. The van der Waals surface area contributed by atoms with Crippen molar-refractivity contribution < 1.29 is 13.9 Å². The maximum atomic E-state index is 11.7. The molecule has 1 saturated heterocycles. The van der Waals surface area contributed by atoms with Gasteiger partial charge in [0.2, 0.25) is 5.91 Å². The lowest BCUT2D eigenvalue weighted by molar-refractivity contribution is -0.129. The van der Waals surface area contributed by atoms with Gasteiger partial charge in [-0.2, -0.15) is 0 Å². The molecule has 1 aromatic rings. The Hall–Kier alpha value is -0.820. The molecule has 86 valence electrons. The number of carbonyl (C=O) groups is 1. The van der Waals surface area contributed by atoms with E-state index in [4.69, 9.17) is 9.15 Å². The summed E-state index contributed by atoms with van der Waals surface area (Å²) in [6, 6.07) is 3.70. The van der Waals surface area contributed by atoms with E-state index in [1.807, 2.05) is 12.1 Å². The predicted molar refractivity (Wildman–Crippen MR) is 67.9 cm³/mol. The van der Waals surface area contributed by atoms with Gasteiger partial charge < -0.3 is 14.1 Å². The molecule has 2 rings (SSSR count). The van der Waals surface area contributed by atoms with Crippen LogP contribution < -0.4 is 0 Å². The number of hydrogen-bond acceptors (Lipinski definition) is 3. The number of morpholine rings is 1. The van der Waals surface area contributed by atoms with E-state index < -0.39 is 0 Å². The standard InChI is InChI=1S/C11H12INO3/c12-10-3-1-9(16-10)2-4-11(14)13-5-7-15-8-6-13/h1-4H,5-8H2/b4-2+. The molecule has 16 heavy (non-hydrogen) atoms. The number of ether oxygens (including phenoxy) is 1. The van der Waals surface area contributed by atoms with Gasteiger partial charge in [0.25, 0.3) is 0 Å². The van der Waals surface area contributed by atoms with Gasteiger partial charge in [-0.15, -0.1) is 0 Å². The van der Waals surface area contributed by atoms with Crippen LogP contribution in [-0.4, -0.2) is 37.1 Å². The topological polar surface area (TPSA) is 42.7 Å². The molecular formula is C11H12INO3. The van der Waals surface area contributed by atoms with Gasteiger partial charge in [0.1, 0.15) is 5.76 Å². The average Bonchev–Trinajstić information content (AvgIpc) is 2.73. The third kappa shape index (κ3) is 3.08. The second-order valence-corrected chi connectivity index (χ2v) is 4.48. The van der Waals surface area contributed by atoms with E-state index in [0.29, 0.717) is 32.1 Å². The van der Waals surface area contributed by atoms with E-state index in [2.05, 4.69) is 22.6 Å². The van der Waals surface area contributed by atoms with Crippen molar-refractivity contribution in [2.24, 2.45) is 0 Å². The molecule has 0 aromatic carbocycles. The summed E-state index contributed by atoms with van der Waals surface area (Å²) >= 11 is 2.09. The van der Waals surface area contributed by atoms with Crippen LogP contribution in [0.15, 0.2) is 22.6 Å². The first-order valence-corrected chi connectivity index (χ1v) is 6.13. The number of carbonyl (C=O) groups excluding carboxylic acids is 1. The van der Waals surface area contributed by atoms with Crippen LogP contribution in [0.2, 0.25) is 0 Å². The smallest absolute Gasteiger partial charge is 0.246 e. The molecule has 0 saturated carbocycles. The zero-order valence-corrected chi connectivity index (χ0v) is 10.8. The second kappa shape index (κ2) is 5.49. The zero-order chi connectivity index (χ0) is 11.4. The highest BCUT2D eigenvalue weighted by atomic mass is 127. The summed E-state index contributed by atoms with van der Waals surface area (Å²) in [5.74, 6) is 0.709. The van der Waals surface area contributed by atoms with Crippen LogP contribution in [0.4, 0.5) is 0 Å².